The molecule has 2 nitrogen and oxygen atoms in total. The summed E-state index contributed by atoms with van der Waals surface area (Å²) in [5.41, 5.74) is 7.01. The molecule has 0 saturated carbocycles. The number of nitrogen functional groups attached to an aromatic ring is 1. The molecule has 0 fully saturated rings. The van der Waals surface area contributed by atoms with Crippen molar-refractivity contribution >= 4 is 28.9 Å². The van der Waals surface area contributed by atoms with E-state index in [0.29, 0.717) is 22.0 Å². The van der Waals surface area contributed by atoms with Crippen molar-refractivity contribution < 1.29 is 9.13 Å². The summed E-state index contributed by atoms with van der Waals surface area (Å²) in [4.78, 5) is 0. The molecule has 2 aromatic carbocycles. The van der Waals surface area contributed by atoms with E-state index in [1.54, 1.807) is 18.2 Å². The molecular weight excluding hydrogens is 276 g/mol. The summed E-state index contributed by atoms with van der Waals surface area (Å²) >= 11 is 11.9. The molecule has 0 amide bonds. The predicted octanol–water partition coefficient (Wildman–Crippen LogP) is 4.29. The monoisotopic (exact) mass is 285 g/mol. The highest BCUT2D eigenvalue weighted by Crippen LogP contribution is 2.28. The summed E-state index contributed by atoms with van der Waals surface area (Å²) in [6.45, 7) is 0.177. The molecule has 2 rings (SSSR count). The van der Waals surface area contributed by atoms with Crippen LogP contribution in [0.25, 0.3) is 0 Å². The summed E-state index contributed by atoms with van der Waals surface area (Å²) in [5, 5.41) is 0.730. The Hall–Kier alpha value is -1.45. The first-order chi connectivity index (χ1) is 8.58. The van der Waals surface area contributed by atoms with E-state index < -0.39 is 5.82 Å². The Bertz CT molecular complexity index is 555. The van der Waals surface area contributed by atoms with Crippen LogP contribution in [0.15, 0.2) is 36.4 Å². The second-order valence-corrected chi connectivity index (χ2v) is 4.49. The molecule has 18 heavy (non-hydrogen) atoms. The van der Waals surface area contributed by atoms with E-state index in [-0.39, 0.29) is 11.6 Å². The molecule has 0 aliphatic carbocycles. The van der Waals surface area contributed by atoms with Gasteiger partial charge in [0.05, 0.1) is 5.02 Å². The summed E-state index contributed by atoms with van der Waals surface area (Å²) < 4.78 is 18.3. The van der Waals surface area contributed by atoms with Crippen LogP contribution in [0.5, 0.6) is 5.75 Å². The zero-order valence-corrected chi connectivity index (χ0v) is 10.8. The maximum Gasteiger partial charge on any atom is 0.138 e. The van der Waals surface area contributed by atoms with Crippen LogP contribution in [-0.2, 0) is 6.61 Å². The lowest BCUT2D eigenvalue weighted by Crippen LogP contribution is -2.01. The summed E-state index contributed by atoms with van der Waals surface area (Å²) in [5.74, 6) is -0.0259. The van der Waals surface area contributed by atoms with Crippen LogP contribution >= 0.6 is 23.2 Å². The maximum absolute atomic E-state index is 12.9. The largest absolute Gasteiger partial charge is 0.487 e. The Morgan fingerprint density at radius 2 is 1.89 bits per heavy atom. The fourth-order valence-corrected chi connectivity index (χ4v) is 1.93. The lowest BCUT2D eigenvalue weighted by atomic mass is 10.2. The predicted molar refractivity (Wildman–Crippen MR) is 71.6 cm³/mol. The minimum absolute atomic E-state index is 0.177. The maximum atomic E-state index is 12.9. The van der Waals surface area contributed by atoms with E-state index in [9.17, 15) is 4.39 Å². The number of benzene rings is 2. The molecule has 2 aromatic rings. The number of nitrogens with two attached hydrogens (primary N) is 1. The van der Waals surface area contributed by atoms with Crippen LogP contribution in [0.3, 0.4) is 0 Å². The smallest absolute Gasteiger partial charge is 0.138 e. The van der Waals surface area contributed by atoms with Crippen molar-refractivity contribution in [3.8, 4) is 5.75 Å². The van der Waals surface area contributed by atoms with Crippen LogP contribution < -0.4 is 10.5 Å². The number of ether oxygens (including phenoxy) is 1. The van der Waals surface area contributed by atoms with Gasteiger partial charge in [-0.1, -0.05) is 29.3 Å². The minimum atomic E-state index is -0.412. The van der Waals surface area contributed by atoms with E-state index in [4.69, 9.17) is 33.7 Å². The van der Waals surface area contributed by atoms with Gasteiger partial charge in [-0.2, -0.15) is 0 Å². The highest BCUT2D eigenvalue weighted by molar-refractivity contribution is 6.32. The van der Waals surface area contributed by atoms with E-state index in [2.05, 4.69) is 0 Å². The van der Waals surface area contributed by atoms with Gasteiger partial charge < -0.3 is 10.5 Å². The van der Waals surface area contributed by atoms with Crippen LogP contribution in [0.2, 0.25) is 10.0 Å². The van der Waals surface area contributed by atoms with Crippen molar-refractivity contribution in [2.24, 2.45) is 0 Å². The first-order valence-electron chi connectivity index (χ1n) is 5.18. The van der Waals surface area contributed by atoms with Gasteiger partial charge in [0, 0.05) is 16.3 Å². The number of anilines is 1. The molecule has 0 atom stereocenters. The van der Waals surface area contributed by atoms with Gasteiger partial charge in [-0.05, 0) is 30.3 Å². The lowest BCUT2D eigenvalue weighted by Gasteiger charge is -2.11. The van der Waals surface area contributed by atoms with Crippen molar-refractivity contribution in [2.45, 2.75) is 6.61 Å². The average Bonchev–Trinajstić information content (AvgIpc) is 2.31. The first-order valence-corrected chi connectivity index (χ1v) is 5.94. The molecule has 0 unspecified atom stereocenters. The van der Waals surface area contributed by atoms with Crippen molar-refractivity contribution in [2.75, 3.05) is 5.73 Å². The van der Waals surface area contributed by atoms with Gasteiger partial charge in [0.1, 0.15) is 18.2 Å². The quantitative estimate of drug-likeness (QED) is 0.854. The number of hydrogen-bond acceptors (Lipinski definition) is 2. The molecule has 5 heteroatoms. The standard InChI is InChI=1S/C13H10Cl2FNO/c14-10-2-1-3-12(17)9(10)7-18-13-5-4-8(16)6-11(13)15/h1-6H,7,17H2. The van der Waals surface area contributed by atoms with Crippen LogP contribution in [0.1, 0.15) is 5.56 Å². The SMILES string of the molecule is Nc1cccc(Cl)c1COc1ccc(F)cc1Cl. The van der Waals surface area contributed by atoms with Crippen LogP contribution in [-0.4, -0.2) is 0 Å². The Morgan fingerprint density at radius 3 is 2.56 bits per heavy atom. The Kier molecular flexibility index (Phi) is 3.94. The third kappa shape index (κ3) is 2.86. The zero-order chi connectivity index (χ0) is 13.1. The van der Waals surface area contributed by atoms with E-state index in [0.717, 1.165) is 0 Å². The van der Waals surface area contributed by atoms with Gasteiger partial charge in [0.2, 0.25) is 0 Å². The Morgan fingerprint density at radius 1 is 1.11 bits per heavy atom. The molecule has 2 N–H and O–H groups in total. The molecule has 0 saturated heterocycles. The van der Waals surface area contributed by atoms with Crippen molar-refractivity contribution in [3.05, 3.63) is 57.8 Å². The second kappa shape index (κ2) is 5.46. The van der Waals surface area contributed by atoms with Gasteiger partial charge in [-0.3, -0.25) is 0 Å². The van der Waals surface area contributed by atoms with Crippen LogP contribution in [0, 0.1) is 5.82 Å². The summed E-state index contributed by atoms with van der Waals surface area (Å²) in [7, 11) is 0. The summed E-state index contributed by atoms with van der Waals surface area (Å²) in [6, 6.07) is 9.14. The minimum Gasteiger partial charge on any atom is -0.487 e. The lowest BCUT2D eigenvalue weighted by molar-refractivity contribution is 0.306. The number of rotatable bonds is 3. The second-order valence-electron chi connectivity index (χ2n) is 3.67. The van der Waals surface area contributed by atoms with Crippen molar-refractivity contribution in [1.82, 2.24) is 0 Å². The molecule has 94 valence electrons. The Labute approximate surface area is 114 Å². The highest BCUT2D eigenvalue weighted by atomic mass is 35.5. The van der Waals surface area contributed by atoms with Gasteiger partial charge in [-0.25, -0.2) is 4.39 Å². The molecule has 0 spiro atoms. The molecule has 0 bridgehead atoms. The number of halogens is 3. The summed E-state index contributed by atoms with van der Waals surface area (Å²) in [6.07, 6.45) is 0. The molecular formula is C13H10Cl2FNO. The molecule has 0 aromatic heterocycles. The normalized spacial score (nSPS) is 10.4. The van der Waals surface area contributed by atoms with Gasteiger partial charge in [0.25, 0.3) is 0 Å². The fourth-order valence-electron chi connectivity index (χ4n) is 1.47. The van der Waals surface area contributed by atoms with Gasteiger partial charge in [-0.15, -0.1) is 0 Å². The highest BCUT2D eigenvalue weighted by Gasteiger charge is 2.08. The third-order valence-electron chi connectivity index (χ3n) is 2.42. The van der Waals surface area contributed by atoms with Crippen molar-refractivity contribution in [1.29, 1.82) is 0 Å². The topological polar surface area (TPSA) is 35.2 Å². The molecule has 0 radical (unpaired) electrons. The van der Waals surface area contributed by atoms with Crippen molar-refractivity contribution in [3.63, 3.8) is 0 Å². The molecule has 0 heterocycles. The first kappa shape index (κ1) is 13.0. The fraction of sp³-hybridized carbons (Fsp3) is 0.0769. The average molecular weight is 286 g/mol. The van der Waals surface area contributed by atoms with E-state index in [1.165, 1.54) is 18.2 Å². The van der Waals surface area contributed by atoms with Crippen LogP contribution in [0.4, 0.5) is 10.1 Å². The zero-order valence-electron chi connectivity index (χ0n) is 9.29. The van der Waals surface area contributed by atoms with E-state index >= 15 is 0 Å². The van der Waals surface area contributed by atoms with Gasteiger partial charge in [0.15, 0.2) is 0 Å². The van der Waals surface area contributed by atoms with Gasteiger partial charge >= 0.3 is 0 Å². The third-order valence-corrected chi connectivity index (χ3v) is 3.07. The molecule has 0 aliphatic rings. The Balaban J connectivity index is 2.16. The van der Waals surface area contributed by atoms with E-state index in [1.807, 2.05) is 0 Å². The molecule has 0 aliphatic heterocycles. The number of hydrogen-bond donors (Lipinski definition) is 1.